The molecule has 0 bridgehead atoms. The second kappa shape index (κ2) is 8.38. The molecular formula is C24H25N9O. The van der Waals surface area contributed by atoms with Crippen LogP contribution in [-0.4, -0.2) is 59.6 Å². The molecule has 0 radical (unpaired) electrons. The topological polar surface area (TPSA) is 127 Å². The molecule has 5 heterocycles. The number of nitrogen functional groups attached to an aromatic ring is 1. The van der Waals surface area contributed by atoms with Gasteiger partial charge in [-0.15, -0.1) is 5.10 Å². The Balaban J connectivity index is 1.15. The van der Waals surface area contributed by atoms with Crippen LogP contribution >= 0.6 is 0 Å². The van der Waals surface area contributed by atoms with Crippen LogP contribution in [-0.2, 0) is 6.54 Å². The van der Waals surface area contributed by atoms with Crippen LogP contribution in [0.1, 0.15) is 18.4 Å². The van der Waals surface area contributed by atoms with Gasteiger partial charge in [-0.2, -0.15) is 14.6 Å². The summed E-state index contributed by atoms with van der Waals surface area (Å²) in [7, 11) is 0. The normalized spacial score (nSPS) is 15.4. The zero-order valence-electron chi connectivity index (χ0n) is 18.6. The molecular weight excluding hydrogens is 430 g/mol. The van der Waals surface area contributed by atoms with Gasteiger partial charge in [0.05, 0.1) is 24.4 Å². The number of hydrogen-bond acceptors (Lipinski definition) is 8. The highest BCUT2D eigenvalue weighted by Crippen LogP contribution is 2.24. The summed E-state index contributed by atoms with van der Waals surface area (Å²) in [5.74, 6) is 1.61. The smallest absolute Gasteiger partial charge is 0.225 e. The third-order valence-electron chi connectivity index (χ3n) is 6.55. The van der Waals surface area contributed by atoms with Crippen LogP contribution in [0.2, 0.25) is 0 Å². The number of aromatic nitrogens is 6. The summed E-state index contributed by atoms with van der Waals surface area (Å²) in [6, 6.07) is 13.7. The van der Waals surface area contributed by atoms with E-state index >= 15 is 0 Å². The molecule has 5 aromatic rings. The van der Waals surface area contributed by atoms with Gasteiger partial charge in [-0.1, -0.05) is 30.3 Å². The van der Waals surface area contributed by atoms with E-state index in [1.54, 1.807) is 18.5 Å². The van der Waals surface area contributed by atoms with Crippen molar-refractivity contribution in [2.75, 3.05) is 25.4 Å². The number of hydrogen-bond donors (Lipinski definition) is 2. The minimum atomic E-state index is 0.259. The zero-order valence-corrected chi connectivity index (χ0v) is 18.6. The number of benzene rings is 1. The molecule has 0 atom stereocenters. The Morgan fingerprint density at radius 3 is 2.62 bits per heavy atom. The van der Waals surface area contributed by atoms with Crippen molar-refractivity contribution in [3.05, 3.63) is 60.5 Å². The Kier molecular flexibility index (Phi) is 5.06. The van der Waals surface area contributed by atoms with Crippen LogP contribution in [0.25, 0.3) is 28.3 Å². The highest BCUT2D eigenvalue weighted by Gasteiger charge is 2.24. The van der Waals surface area contributed by atoms with Crippen LogP contribution in [0.4, 0.5) is 5.95 Å². The lowest BCUT2D eigenvalue weighted by Gasteiger charge is -2.32. The van der Waals surface area contributed by atoms with E-state index < -0.39 is 0 Å². The second-order valence-electron chi connectivity index (χ2n) is 8.62. The van der Waals surface area contributed by atoms with Gasteiger partial charge in [0.25, 0.3) is 0 Å². The first-order valence-electron chi connectivity index (χ1n) is 11.5. The van der Waals surface area contributed by atoms with Crippen LogP contribution in [0.15, 0.2) is 59.3 Å². The Labute approximate surface area is 195 Å². The van der Waals surface area contributed by atoms with Gasteiger partial charge >= 0.3 is 0 Å². The number of nitrogens with zero attached hydrogens (tertiary/aromatic N) is 7. The molecule has 0 aliphatic carbocycles. The number of anilines is 1. The van der Waals surface area contributed by atoms with E-state index in [9.17, 15) is 0 Å². The molecule has 0 spiro atoms. The number of likely N-dealkylation sites (tertiary alicyclic amines) is 1. The van der Waals surface area contributed by atoms with Crippen molar-refractivity contribution in [2.24, 2.45) is 5.92 Å². The number of piperidine rings is 1. The Morgan fingerprint density at radius 2 is 1.85 bits per heavy atom. The molecule has 1 saturated heterocycles. The number of rotatable bonds is 6. The van der Waals surface area contributed by atoms with Crippen molar-refractivity contribution < 1.29 is 4.42 Å². The van der Waals surface area contributed by atoms with Crippen LogP contribution in [0.5, 0.6) is 0 Å². The summed E-state index contributed by atoms with van der Waals surface area (Å²) in [5.41, 5.74) is 9.29. The standard InChI is InChI=1S/C24H25N9O/c25-20(16-5-2-1-3-6-16)17-8-10-31(11-9-17)12-13-32-22-18(15-27-32)23-28-21(19-7-4-14-34-19)30-33(23)24(26)29-22/h1-7,14-15,17,25H,8-13H2,(H2,26,29). The quantitative estimate of drug-likeness (QED) is 0.377. The summed E-state index contributed by atoms with van der Waals surface area (Å²) in [6.45, 7) is 3.50. The van der Waals surface area contributed by atoms with Crippen molar-refractivity contribution >= 4 is 28.3 Å². The summed E-state index contributed by atoms with van der Waals surface area (Å²) in [5, 5.41) is 18.4. The van der Waals surface area contributed by atoms with Gasteiger partial charge in [-0.3, -0.25) is 0 Å². The highest BCUT2D eigenvalue weighted by atomic mass is 16.3. The third-order valence-corrected chi connectivity index (χ3v) is 6.55. The minimum Gasteiger partial charge on any atom is -0.461 e. The zero-order chi connectivity index (χ0) is 23.1. The van der Waals surface area contributed by atoms with Crippen molar-refractivity contribution in [1.29, 1.82) is 5.41 Å². The number of nitrogens with two attached hydrogens (primary N) is 1. The predicted octanol–water partition coefficient (Wildman–Crippen LogP) is 3.10. The SMILES string of the molecule is N=C(c1ccccc1)C1CCN(CCn2ncc3c2nc(N)n2nc(-c4ccco4)nc32)CC1. The van der Waals surface area contributed by atoms with E-state index in [0.717, 1.165) is 49.1 Å². The summed E-state index contributed by atoms with van der Waals surface area (Å²) in [6.07, 6.45) is 5.35. The lowest BCUT2D eigenvalue weighted by atomic mass is 9.88. The Bertz CT molecular complexity index is 1440. The van der Waals surface area contributed by atoms with Gasteiger partial charge < -0.3 is 20.5 Å². The molecule has 3 N–H and O–H groups in total. The van der Waals surface area contributed by atoms with Crippen molar-refractivity contribution in [3.8, 4) is 11.6 Å². The number of fused-ring (bicyclic) bond motifs is 3. The molecule has 1 aromatic carbocycles. The van der Waals surface area contributed by atoms with Gasteiger partial charge in [-0.25, -0.2) is 9.67 Å². The molecule has 10 heteroatoms. The van der Waals surface area contributed by atoms with Crippen molar-refractivity contribution in [1.82, 2.24) is 34.3 Å². The first-order valence-corrected chi connectivity index (χ1v) is 11.5. The molecule has 34 heavy (non-hydrogen) atoms. The third kappa shape index (κ3) is 3.61. The molecule has 0 amide bonds. The molecule has 1 aliphatic heterocycles. The van der Waals surface area contributed by atoms with E-state index in [1.165, 1.54) is 4.52 Å². The molecule has 1 aliphatic rings. The lowest BCUT2D eigenvalue weighted by Crippen LogP contribution is -2.38. The lowest BCUT2D eigenvalue weighted by molar-refractivity contribution is 0.201. The van der Waals surface area contributed by atoms with Gasteiger partial charge in [0.2, 0.25) is 11.8 Å². The van der Waals surface area contributed by atoms with E-state index in [-0.39, 0.29) is 5.95 Å². The fourth-order valence-electron chi connectivity index (χ4n) is 4.67. The number of nitrogens with one attached hydrogen (secondary N) is 1. The van der Waals surface area contributed by atoms with Crippen LogP contribution in [0.3, 0.4) is 0 Å². The molecule has 4 aromatic heterocycles. The summed E-state index contributed by atoms with van der Waals surface area (Å²) >= 11 is 0. The molecule has 172 valence electrons. The first kappa shape index (κ1) is 20.5. The van der Waals surface area contributed by atoms with E-state index in [1.807, 2.05) is 41.1 Å². The van der Waals surface area contributed by atoms with Gasteiger partial charge in [0.1, 0.15) is 0 Å². The largest absolute Gasteiger partial charge is 0.461 e. The molecule has 10 nitrogen and oxygen atoms in total. The van der Waals surface area contributed by atoms with Crippen LogP contribution in [0, 0.1) is 11.3 Å². The maximum absolute atomic E-state index is 8.56. The first-order chi connectivity index (χ1) is 16.7. The average molecular weight is 456 g/mol. The Morgan fingerprint density at radius 1 is 1.03 bits per heavy atom. The Hall–Kier alpha value is -4.05. The van der Waals surface area contributed by atoms with Crippen LogP contribution < -0.4 is 5.73 Å². The molecule has 0 saturated carbocycles. The summed E-state index contributed by atoms with van der Waals surface area (Å²) < 4.78 is 8.83. The van der Waals surface area contributed by atoms with E-state index in [0.29, 0.717) is 35.3 Å². The highest BCUT2D eigenvalue weighted by molar-refractivity contribution is 5.99. The molecule has 6 rings (SSSR count). The van der Waals surface area contributed by atoms with E-state index in [2.05, 4.69) is 25.1 Å². The van der Waals surface area contributed by atoms with Gasteiger partial charge in [-0.05, 0) is 43.6 Å². The van der Waals surface area contributed by atoms with Crippen molar-refractivity contribution in [3.63, 3.8) is 0 Å². The maximum Gasteiger partial charge on any atom is 0.225 e. The molecule has 0 unspecified atom stereocenters. The number of furan rings is 1. The fraction of sp³-hybridized carbons (Fsp3) is 0.292. The minimum absolute atomic E-state index is 0.259. The molecule has 1 fully saturated rings. The maximum atomic E-state index is 8.56. The predicted molar refractivity (Wildman–Crippen MR) is 129 cm³/mol. The average Bonchev–Trinajstić information content (AvgIpc) is 3.63. The van der Waals surface area contributed by atoms with Gasteiger partial charge in [0, 0.05) is 18.2 Å². The summed E-state index contributed by atoms with van der Waals surface area (Å²) in [4.78, 5) is 11.6. The second-order valence-corrected chi connectivity index (χ2v) is 8.62. The monoisotopic (exact) mass is 455 g/mol. The van der Waals surface area contributed by atoms with Gasteiger partial charge in [0.15, 0.2) is 17.1 Å². The van der Waals surface area contributed by atoms with E-state index in [4.69, 9.17) is 15.6 Å². The van der Waals surface area contributed by atoms with Crippen molar-refractivity contribution in [2.45, 2.75) is 19.4 Å². The fourth-order valence-corrected chi connectivity index (χ4v) is 4.67.